The molecular weight excluding hydrogens is 202 g/mol. The molecule has 0 saturated carbocycles. The smallest absolute Gasteiger partial charge is 0.187 e. The van der Waals surface area contributed by atoms with Gasteiger partial charge in [0.2, 0.25) is 0 Å². The summed E-state index contributed by atoms with van der Waals surface area (Å²) in [5.41, 5.74) is 1.32. The second-order valence-corrected chi connectivity index (χ2v) is 3.90. The number of carbonyl (C=O) groups excluding carboxylic acids is 1. The minimum Gasteiger partial charge on any atom is -0.292 e. The Labute approximate surface area is 93.9 Å². The lowest BCUT2D eigenvalue weighted by Gasteiger charge is -1.98. The minimum absolute atomic E-state index is 0.0159. The highest BCUT2D eigenvalue weighted by Crippen LogP contribution is 2.08. The average molecular weight is 215 g/mol. The molecule has 0 atom stereocenters. The Morgan fingerprint density at radius 3 is 2.56 bits per heavy atom. The molecule has 1 aromatic carbocycles. The summed E-state index contributed by atoms with van der Waals surface area (Å²) >= 11 is 0. The second kappa shape index (κ2) is 4.26. The van der Waals surface area contributed by atoms with E-state index in [1.807, 2.05) is 44.2 Å². The van der Waals surface area contributed by atoms with Gasteiger partial charge in [-0.3, -0.25) is 4.79 Å². The van der Waals surface area contributed by atoms with E-state index in [1.54, 1.807) is 10.9 Å². The van der Waals surface area contributed by atoms with E-state index >= 15 is 0 Å². The Hall–Kier alpha value is -1.97. The van der Waals surface area contributed by atoms with E-state index in [-0.39, 0.29) is 11.7 Å². The van der Waals surface area contributed by atoms with Crippen LogP contribution in [0.1, 0.15) is 24.3 Å². The number of aromatic nitrogens is 3. The van der Waals surface area contributed by atoms with Gasteiger partial charge in [0.25, 0.3) is 0 Å². The van der Waals surface area contributed by atoms with Crippen molar-refractivity contribution >= 4 is 5.78 Å². The molecule has 0 bridgehead atoms. The van der Waals surface area contributed by atoms with Gasteiger partial charge in [-0.25, -0.2) is 4.68 Å². The zero-order valence-corrected chi connectivity index (χ0v) is 9.29. The summed E-state index contributed by atoms with van der Waals surface area (Å²) in [6.07, 6.45) is 1.66. The Kier molecular flexibility index (Phi) is 2.81. The van der Waals surface area contributed by atoms with Crippen molar-refractivity contribution in [3.05, 3.63) is 42.2 Å². The molecular formula is C12H13N3O. The Morgan fingerprint density at radius 2 is 1.94 bits per heavy atom. The van der Waals surface area contributed by atoms with Crippen LogP contribution in [0.15, 0.2) is 36.5 Å². The number of para-hydroxylation sites is 1. The fourth-order valence-corrected chi connectivity index (χ4v) is 1.38. The largest absolute Gasteiger partial charge is 0.292 e. The maximum Gasteiger partial charge on any atom is 0.187 e. The molecule has 2 aromatic rings. The third-order valence-corrected chi connectivity index (χ3v) is 2.29. The van der Waals surface area contributed by atoms with Crippen molar-refractivity contribution in [3.63, 3.8) is 0 Å². The number of rotatable bonds is 3. The summed E-state index contributed by atoms with van der Waals surface area (Å²) in [6.45, 7) is 3.70. The van der Waals surface area contributed by atoms with Gasteiger partial charge in [-0.1, -0.05) is 37.3 Å². The second-order valence-electron chi connectivity index (χ2n) is 3.90. The van der Waals surface area contributed by atoms with E-state index in [2.05, 4.69) is 10.3 Å². The molecule has 0 spiro atoms. The predicted molar refractivity (Wildman–Crippen MR) is 60.5 cm³/mol. The molecule has 0 N–H and O–H groups in total. The number of benzene rings is 1. The number of carbonyl (C=O) groups is 1. The van der Waals surface area contributed by atoms with Crippen LogP contribution in [0.3, 0.4) is 0 Å². The van der Waals surface area contributed by atoms with E-state index in [1.165, 1.54) is 0 Å². The van der Waals surface area contributed by atoms with Gasteiger partial charge in [-0.15, -0.1) is 5.10 Å². The zero-order valence-electron chi connectivity index (χ0n) is 9.29. The van der Waals surface area contributed by atoms with Crippen molar-refractivity contribution in [3.8, 4) is 5.69 Å². The zero-order chi connectivity index (χ0) is 11.5. The lowest BCUT2D eigenvalue weighted by Crippen LogP contribution is -2.07. The predicted octanol–water partition coefficient (Wildman–Crippen LogP) is 2.11. The summed E-state index contributed by atoms with van der Waals surface area (Å²) in [4.78, 5) is 11.7. The first kappa shape index (κ1) is 10.5. The molecule has 0 fully saturated rings. The lowest BCUT2D eigenvalue weighted by molar-refractivity contribution is 0.0934. The molecule has 1 aromatic heterocycles. The molecule has 82 valence electrons. The van der Waals surface area contributed by atoms with Crippen molar-refractivity contribution in [1.82, 2.24) is 15.0 Å². The number of Topliss-reactive ketones (excluding diaryl/α,β-unsaturated/α-hetero) is 1. The first-order valence-corrected chi connectivity index (χ1v) is 5.20. The molecule has 0 amide bonds. The van der Waals surface area contributed by atoms with E-state index in [0.29, 0.717) is 5.69 Å². The fourth-order valence-electron chi connectivity index (χ4n) is 1.38. The minimum atomic E-state index is -0.0547. The lowest BCUT2D eigenvalue weighted by atomic mass is 10.1. The molecule has 1 heterocycles. The highest BCUT2D eigenvalue weighted by Gasteiger charge is 2.14. The van der Waals surface area contributed by atoms with Crippen LogP contribution in [0.4, 0.5) is 0 Å². The monoisotopic (exact) mass is 215 g/mol. The highest BCUT2D eigenvalue weighted by atomic mass is 16.1. The van der Waals surface area contributed by atoms with Crippen molar-refractivity contribution in [1.29, 1.82) is 0 Å². The number of nitrogens with zero attached hydrogens (tertiary/aromatic N) is 3. The molecule has 0 radical (unpaired) electrons. The summed E-state index contributed by atoms with van der Waals surface area (Å²) in [5, 5.41) is 7.81. The van der Waals surface area contributed by atoms with Crippen LogP contribution in [0.2, 0.25) is 0 Å². The molecule has 0 aliphatic carbocycles. The fraction of sp³-hybridized carbons (Fsp3) is 0.250. The number of hydrogen-bond donors (Lipinski definition) is 0. The Bertz CT molecular complexity index is 488. The maximum atomic E-state index is 11.7. The quantitative estimate of drug-likeness (QED) is 0.737. The molecule has 0 unspecified atom stereocenters. The SMILES string of the molecule is CC(C)C(=O)c1cn(-c2ccccc2)nn1. The van der Waals surface area contributed by atoms with Crippen LogP contribution >= 0.6 is 0 Å². The van der Waals surface area contributed by atoms with Crippen molar-refractivity contribution in [2.45, 2.75) is 13.8 Å². The van der Waals surface area contributed by atoms with Gasteiger partial charge in [-0.2, -0.15) is 0 Å². The Morgan fingerprint density at radius 1 is 1.25 bits per heavy atom. The topological polar surface area (TPSA) is 47.8 Å². The van der Waals surface area contributed by atoms with E-state index < -0.39 is 0 Å². The van der Waals surface area contributed by atoms with Gasteiger partial charge in [-0.05, 0) is 12.1 Å². The van der Waals surface area contributed by atoms with Crippen LogP contribution < -0.4 is 0 Å². The van der Waals surface area contributed by atoms with Crippen molar-refractivity contribution in [2.24, 2.45) is 5.92 Å². The van der Waals surface area contributed by atoms with Gasteiger partial charge in [0.1, 0.15) is 5.69 Å². The summed E-state index contributed by atoms with van der Waals surface area (Å²) in [6, 6.07) is 9.60. The van der Waals surface area contributed by atoms with E-state index in [0.717, 1.165) is 5.69 Å². The highest BCUT2D eigenvalue weighted by molar-refractivity contribution is 5.95. The van der Waals surface area contributed by atoms with Crippen molar-refractivity contribution < 1.29 is 4.79 Å². The standard InChI is InChI=1S/C12H13N3O/c1-9(2)12(16)11-8-15(14-13-11)10-6-4-3-5-7-10/h3-9H,1-2H3. The van der Waals surface area contributed by atoms with Gasteiger partial charge in [0.05, 0.1) is 11.9 Å². The van der Waals surface area contributed by atoms with E-state index in [9.17, 15) is 4.79 Å². The number of hydrogen-bond acceptors (Lipinski definition) is 3. The first-order chi connectivity index (χ1) is 7.68. The van der Waals surface area contributed by atoms with Gasteiger partial charge >= 0.3 is 0 Å². The normalized spacial score (nSPS) is 10.7. The molecule has 4 nitrogen and oxygen atoms in total. The molecule has 16 heavy (non-hydrogen) atoms. The summed E-state index contributed by atoms with van der Waals surface area (Å²) in [7, 11) is 0. The van der Waals surface area contributed by atoms with E-state index in [4.69, 9.17) is 0 Å². The van der Waals surface area contributed by atoms with Crippen LogP contribution in [-0.4, -0.2) is 20.8 Å². The van der Waals surface area contributed by atoms with Crippen LogP contribution in [0.25, 0.3) is 5.69 Å². The summed E-state index contributed by atoms with van der Waals surface area (Å²) in [5.74, 6) is -0.0388. The Balaban J connectivity index is 2.30. The van der Waals surface area contributed by atoms with Crippen LogP contribution in [0.5, 0.6) is 0 Å². The number of ketones is 1. The van der Waals surface area contributed by atoms with Crippen molar-refractivity contribution in [2.75, 3.05) is 0 Å². The third kappa shape index (κ3) is 2.00. The third-order valence-electron chi connectivity index (χ3n) is 2.29. The molecule has 0 aliphatic rings. The van der Waals surface area contributed by atoms with Crippen LogP contribution in [-0.2, 0) is 0 Å². The van der Waals surface area contributed by atoms with Gasteiger partial charge in [0, 0.05) is 5.92 Å². The van der Waals surface area contributed by atoms with Gasteiger partial charge in [0.15, 0.2) is 5.78 Å². The van der Waals surface area contributed by atoms with Crippen LogP contribution in [0, 0.1) is 5.92 Å². The van der Waals surface area contributed by atoms with Gasteiger partial charge < -0.3 is 0 Å². The average Bonchev–Trinajstić information content (AvgIpc) is 2.78. The maximum absolute atomic E-state index is 11.7. The first-order valence-electron chi connectivity index (χ1n) is 5.20. The molecule has 2 rings (SSSR count). The summed E-state index contributed by atoms with van der Waals surface area (Å²) < 4.78 is 1.61. The molecule has 4 heteroatoms. The molecule has 0 aliphatic heterocycles. The molecule has 0 saturated heterocycles.